The molecule has 0 bridgehead atoms. The van der Waals surface area contributed by atoms with Crippen LogP contribution in [0.3, 0.4) is 0 Å². The van der Waals surface area contributed by atoms with Crippen LogP contribution >= 0.6 is 31.9 Å². The highest BCUT2D eigenvalue weighted by Gasteiger charge is 2.10. The van der Waals surface area contributed by atoms with Crippen LogP contribution in [-0.4, -0.2) is 4.98 Å². The highest BCUT2D eigenvalue weighted by atomic mass is 79.9. The van der Waals surface area contributed by atoms with E-state index < -0.39 is 0 Å². The van der Waals surface area contributed by atoms with Crippen molar-refractivity contribution < 1.29 is 0 Å². The Hall–Kier alpha value is -0.710. The predicted octanol–water partition coefficient (Wildman–Crippen LogP) is 3.85. The second kappa shape index (κ2) is 5.76. The van der Waals surface area contributed by atoms with Crippen molar-refractivity contribution in [2.24, 2.45) is 5.73 Å². The quantitative estimate of drug-likeness (QED) is 0.908. The number of hydrogen-bond acceptors (Lipinski definition) is 2. The maximum atomic E-state index is 6.20. The third kappa shape index (κ3) is 3.37. The number of rotatable bonds is 3. The molecule has 1 aromatic heterocycles. The molecule has 0 amide bonds. The second-order valence-electron chi connectivity index (χ2n) is 3.84. The molecule has 0 spiro atoms. The van der Waals surface area contributed by atoms with Crippen LogP contribution in [0, 0.1) is 0 Å². The SMILES string of the molecule is NC(Cc1cncc(Br)c1)c1ccccc1Br. The number of hydrogen-bond donors (Lipinski definition) is 1. The molecule has 0 radical (unpaired) electrons. The molecule has 17 heavy (non-hydrogen) atoms. The maximum Gasteiger partial charge on any atom is 0.0410 e. The fourth-order valence-electron chi connectivity index (χ4n) is 1.71. The van der Waals surface area contributed by atoms with Crippen LogP contribution < -0.4 is 5.73 Å². The molecule has 2 nitrogen and oxygen atoms in total. The van der Waals surface area contributed by atoms with E-state index >= 15 is 0 Å². The van der Waals surface area contributed by atoms with Crippen molar-refractivity contribution in [1.82, 2.24) is 4.98 Å². The van der Waals surface area contributed by atoms with Gasteiger partial charge in [0.25, 0.3) is 0 Å². The third-order valence-electron chi connectivity index (χ3n) is 2.52. The first-order valence-electron chi connectivity index (χ1n) is 5.26. The zero-order chi connectivity index (χ0) is 12.3. The van der Waals surface area contributed by atoms with Gasteiger partial charge in [-0.2, -0.15) is 0 Å². The lowest BCUT2D eigenvalue weighted by molar-refractivity contribution is 0.716. The number of halogens is 2. The van der Waals surface area contributed by atoms with Crippen LogP contribution in [0.2, 0.25) is 0 Å². The molecule has 88 valence electrons. The minimum Gasteiger partial charge on any atom is -0.324 e. The first-order valence-corrected chi connectivity index (χ1v) is 6.85. The minimum atomic E-state index is -0.0262. The molecular formula is C13H12Br2N2. The van der Waals surface area contributed by atoms with E-state index in [0.717, 1.165) is 26.5 Å². The van der Waals surface area contributed by atoms with Crippen molar-refractivity contribution in [3.8, 4) is 0 Å². The van der Waals surface area contributed by atoms with Gasteiger partial charge in [-0.25, -0.2) is 0 Å². The normalized spacial score (nSPS) is 12.4. The average molecular weight is 356 g/mol. The zero-order valence-electron chi connectivity index (χ0n) is 9.11. The number of aromatic nitrogens is 1. The van der Waals surface area contributed by atoms with Gasteiger partial charge in [0, 0.05) is 27.4 Å². The summed E-state index contributed by atoms with van der Waals surface area (Å²) >= 11 is 6.93. The summed E-state index contributed by atoms with van der Waals surface area (Å²) in [5.41, 5.74) is 8.45. The number of nitrogens with zero attached hydrogens (tertiary/aromatic N) is 1. The van der Waals surface area contributed by atoms with Crippen molar-refractivity contribution in [1.29, 1.82) is 0 Å². The van der Waals surface area contributed by atoms with Crippen LogP contribution in [0.1, 0.15) is 17.2 Å². The molecular weight excluding hydrogens is 344 g/mol. The second-order valence-corrected chi connectivity index (χ2v) is 5.61. The van der Waals surface area contributed by atoms with Crippen molar-refractivity contribution >= 4 is 31.9 Å². The summed E-state index contributed by atoms with van der Waals surface area (Å²) in [6.07, 6.45) is 4.39. The van der Waals surface area contributed by atoms with E-state index in [1.54, 1.807) is 6.20 Å². The van der Waals surface area contributed by atoms with E-state index in [1.807, 2.05) is 36.5 Å². The molecule has 1 heterocycles. The smallest absolute Gasteiger partial charge is 0.0410 e. The summed E-state index contributed by atoms with van der Waals surface area (Å²) in [6.45, 7) is 0. The Balaban J connectivity index is 2.17. The lowest BCUT2D eigenvalue weighted by atomic mass is 10.0. The number of benzene rings is 1. The van der Waals surface area contributed by atoms with Crippen molar-refractivity contribution in [2.75, 3.05) is 0 Å². The van der Waals surface area contributed by atoms with Crippen LogP contribution in [0.15, 0.2) is 51.7 Å². The lowest BCUT2D eigenvalue weighted by Gasteiger charge is -2.13. The highest BCUT2D eigenvalue weighted by Crippen LogP contribution is 2.24. The standard InChI is InChI=1S/C13H12Br2N2/c14-10-5-9(7-17-8-10)6-13(16)11-3-1-2-4-12(11)15/h1-5,7-8,13H,6,16H2. The van der Waals surface area contributed by atoms with Gasteiger partial charge in [0.2, 0.25) is 0 Å². The Morgan fingerprint density at radius 3 is 2.65 bits per heavy atom. The molecule has 1 aromatic carbocycles. The topological polar surface area (TPSA) is 38.9 Å². The fraction of sp³-hybridized carbons (Fsp3) is 0.154. The van der Waals surface area contributed by atoms with E-state index in [9.17, 15) is 0 Å². The van der Waals surface area contributed by atoms with E-state index in [1.165, 1.54) is 0 Å². The zero-order valence-corrected chi connectivity index (χ0v) is 12.3. The summed E-state index contributed by atoms with van der Waals surface area (Å²) in [4.78, 5) is 4.14. The van der Waals surface area contributed by atoms with Crippen molar-refractivity contribution in [2.45, 2.75) is 12.5 Å². The summed E-state index contributed by atoms with van der Waals surface area (Å²) in [7, 11) is 0. The van der Waals surface area contributed by atoms with Gasteiger partial charge in [0.05, 0.1) is 0 Å². The summed E-state index contributed by atoms with van der Waals surface area (Å²) in [5, 5.41) is 0. The molecule has 1 unspecified atom stereocenters. The Morgan fingerprint density at radius 2 is 1.94 bits per heavy atom. The summed E-state index contributed by atoms with van der Waals surface area (Å²) < 4.78 is 2.03. The van der Waals surface area contributed by atoms with E-state index in [-0.39, 0.29) is 6.04 Å². The van der Waals surface area contributed by atoms with Gasteiger partial charge in [-0.05, 0) is 45.6 Å². The van der Waals surface area contributed by atoms with Gasteiger partial charge in [-0.1, -0.05) is 34.1 Å². The predicted molar refractivity (Wildman–Crippen MR) is 76.7 cm³/mol. The summed E-state index contributed by atoms with van der Waals surface area (Å²) in [6, 6.07) is 10.1. The largest absolute Gasteiger partial charge is 0.324 e. The Kier molecular flexibility index (Phi) is 4.31. The Bertz CT molecular complexity index is 514. The van der Waals surface area contributed by atoms with Gasteiger partial charge in [-0.3, -0.25) is 4.98 Å². The molecule has 0 aliphatic carbocycles. The molecule has 2 aromatic rings. The van der Waals surface area contributed by atoms with Gasteiger partial charge >= 0.3 is 0 Å². The molecule has 2 N–H and O–H groups in total. The lowest BCUT2D eigenvalue weighted by Crippen LogP contribution is -2.14. The highest BCUT2D eigenvalue weighted by molar-refractivity contribution is 9.10. The Morgan fingerprint density at radius 1 is 1.18 bits per heavy atom. The molecule has 0 fully saturated rings. The van der Waals surface area contributed by atoms with E-state index in [4.69, 9.17) is 5.73 Å². The van der Waals surface area contributed by atoms with Crippen LogP contribution in [-0.2, 0) is 6.42 Å². The number of pyridine rings is 1. The molecule has 0 aliphatic rings. The minimum absolute atomic E-state index is 0.0262. The van der Waals surface area contributed by atoms with E-state index in [0.29, 0.717) is 0 Å². The first-order chi connectivity index (χ1) is 8.16. The molecule has 0 saturated carbocycles. The van der Waals surface area contributed by atoms with Gasteiger partial charge < -0.3 is 5.73 Å². The molecule has 0 aliphatic heterocycles. The molecule has 0 saturated heterocycles. The van der Waals surface area contributed by atoms with Crippen LogP contribution in [0.5, 0.6) is 0 Å². The monoisotopic (exact) mass is 354 g/mol. The van der Waals surface area contributed by atoms with Gasteiger partial charge in [0.15, 0.2) is 0 Å². The first kappa shape index (κ1) is 12.7. The maximum absolute atomic E-state index is 6.20. The van der Waals surface area contributed by atoms with Crippen LogP contribution in [0.25, 0.3) is 0 Å². The molecule has 2 rings (SSSR count). The third-order valence-corrected chi connectivity index (χ3v) is 3.68. The Labute approximate surface area is 118 Å². The van der Waals surface area contributed by atoms with E-state index in [2.05, 4.69) is 36.8 Å². The average Bonchev–Trinajstić information content (AvgIpc) is 2.29. The van der Waals surface area contributed by atoms with Crippen molar-refractivity contribution in [3.05, 3.63) is 62.8 Å². The van der Waals surface area contributed by atoms with Gasteiger partial charge in [-0.15, -0.1) is 0 Å². The summed E-state index contributed by atoms with van der Waals surface area (Å²) in [5.74, 6) is 0. The molecule has 1 atom stereocenters. The van der Waals surface area contributed by atoms with Crippen LogP contribution in [0.4, 0.5) is 0 Å². The number of nitrogens with two attached hydrogens (primary N) is 1. The molecule has 4 heteroatoms. The van der Waals surface area contributed by atoms with Crippen molar-refractivity contribution in [3.63, 3.8) is 0 Å². The van der Waals surface area contributed by atoms with Gasteiger partial charge in [0.1, 0.15) is 0 Å². The fourth-order valence-corrected chi connectivity index (χ4v) is 2.70.